The summed E-state index contributed by atoms with van der Waals surface area (Å²) >= 11 is 0. The van der Waals surface area contributed by atoms with Crippen molar-refractivity contribution in [3.05, 3.63) is 59.7 Å². The minimum Gasteiger partial charge on any atom is -0.406 e. The van der Waals surface area contributed by atoms with Gasteiger partial charge in [0.1, 0.15) is 5.75 Å². The normalized spacial score (nSPS) is 13.6. The van der Waals surface area contributed by atoms with Crippen LogP contribution in [0.3, 0.4) is 0 Å². The average molecular weight is 385 g/mol. The molecule has 0 aliphatic rings. The maximum atomic E-state index is 12.1. The zero-order valence-electron chi connectivity index (χ0n) is 14.1. The highest BCUT2D eigenvalue weighted by Gasteiger charge is 2.30. The van der Waals surface area contributed by atoms with Crippen LogP contribution in [-0.4, -0.2) is 22.7 Å². The first-order valence-electron chi connectivity index (χ1n) is 7.79. The molecule has 10 heteroatoms. The van der Waals surface area contributed by atoms with Gasteiger partial charge < -0.3 is 25.7 Å². The van der Waals surface area contributed by atoms with Crippen molar-refractivity contribution >= 4 is 11.7 Å². The monoisotopic (exact) mass is 385 g/mol. The van der Waals surface area contributed by atoms with Gasteiger partial charge in [0.25, 0.3) is 0 Å². The Morgan fingerprint density at radius 3 is 2.11 bits per heavy atom. The van der Waals surface area contributed by atoms with E-state index in [4.69, 9.17) is 5.21 Å². The summed E-state index contributed by atoms with van der Waals surface area (Å²) in [6, 6.07) is 10.3. The number of halogens is 3. The lowest BCUT2D eigenvalue weighted by Crippen LogP contribution is -2.31. The standard InChI is InChI=1S/C17H18F3N3O4/c1-10(11-2-4-12(5-3-11)15(24)23-26)21-16(25)22-13-6-8-14(9-7-13)27-17(18,19)20/h2-10,15,23-24,26H,1H3,(H2,21,22,25). The fourth-order valence-corrected chi connectivity index (χ4v) is 2.23. The van der Waals surface area contributed by atoms with Crippen molar-refractivity contribution in [2.75, 3.05) is 5.32 Å². The van der Waals surface area contributed by atoms with Crippen molar-refractivity contribution in [3.8, 4) is 5.75 Å². The molecule has 2 rings (SSSR count). The van der Waals surface area contributed by atoms with Gasteiger partial charge in [-0.1, -0.05) is 24.3 Å². The Balaban J connectivity index is 1.91. The fourth-order valence-electron chi connectivity index (χ4n) is 2.23. The number of nitrogens with one attached hydrogen (secondary N) is 3. The quantitative estimate of drug-likeness (QED) is 0.387. The first kappa shape index (κ1) is 20.5. The number of ether oxygens (including phenoxy) is 1. The number of alkyl halides is 3. The molecule has 0 aromatic heterocycles. The molecule has 7 nitrogen and oxygen atoms in total. The van der Waals surface area contributed by atoms with Gasteiger partial charge in [-0.15, -0.1) is 13.2 Å². The topological polar surface area (TPSA) is 103 Å². The molecule has 0 spiro atoms. The van der Waals surface area contributed by atoms with E-state index in [1.807, 2.05) is 0 Å². The summed E-state index contributed by atoms with van der Waals surface area (Å²) in [5, 5.41) is 23.3. The van der Waals surface area contributed by atoms with Gasteiger partial charge >= 0.3 is 12.4 Å². The summed E-state index contributed by atoms with van der Waals surface area (Å²) in [6.07, 6.45) is -5.99. The number of hydroxylamine groups is 1. The molecule has 2 atom stereocenters. The van der Waals surface area contributed by atoms with Gasteiger partial charge in [-0.2, -0.15) is 5.48 Å². The molecular formula is C17H18F3N3O4. The van der Waals surface area contributed by atoms with Crippen LogP contribution in [0.1, 0.15) is 30.3 Å². The second kappa shape index (κ2) is 8.71. The molecule has 0 bridgehead atoms. The van der Waals surface area contributed by atoms with Crippen LogP contribution >= 0.6 is 0 Å². The molecule has 5 N–H and O–H groups in total. The third-order valence-electron chi connectivity index (χ3n) is 3.57. The van der Waals surface area contributed by atoms with E-state index >= 15 is 0 Å². The smallest absolute Gasteiger partial charge is 0.406 e. The maximum Gasteiger partial charge on any atom is 0.573 e. The van der Waals surface area contributed by atoms with Crippen LogP contribution in [0, 0.1) is 0 Å². The summed E-state index contributed by atoms with van der Waals surface area (Å²) in [5.41, 5.74) is 3.19. The Morgan fingerprint density at radius 2 is 1.59 bits per heavy atom. The Morgan fingerprint density at radius 1 is 1.04 bits per heavy atom. The van der Waals surface area contributed by atoms with E-state index in [-0.39, 0.29) is 11.8 Å². The van der Waals surface area contributed by atoms with Crippen molar-refractivity contribution < 1.29 is 33.0 Å². The number of hydrogen-bond acceptors (Lipinski definition) is 5. The van der Waals surface area contributed by atoms with Gasteiger partial charge in [0.15, 0.2) is 6.23 Å². The van der Waals surface area contributed by atoms with Crippen molar-refractivity contribution in [1.29, 1.82) is 0 Å². The Kier molecular flexibility index (Phi) is 6.61. The lowest BCUT2D eigenvalue weighted by Gasteiger charge is -2.16. The molecule has 0 fully saturated rings. The van der Waals surface area contributed by atoms with Crippen molar-refractivity contribution in [1.82, 2.24) is 10.8 Å². The van der Waals surface area contributed by atoms with E-state index in [1.165, 1.54) is 12.1 Å². The predicted molar refractivity (Wildman–Crippen MR) is 90.0 cm³/mol. The number of benzene rings is 2. The van der Waals surface area contributed by atoms with E-state index in [0.717, 1.165) is 17.7 Å². The Labute approximate surface area is 152 Å². The Hall–Kier alpha value is -2.82. The van der Waals surface area contributed by atoms with E-state index in [1.54, 1.807) is 36.7 Å². The molecule has 0 radical (unpaired) electrons. The molecule has 0 saturated carbocycles. The SMILES string of the molecule is CC(NC(=O)Nc1ccc(OC(F)(F)F)cc1)c1ccc(C(O)NO)cc1. The summed E-state index contributed by atoms with van der Waals surface area (Å²) in [5.74, 6) is -0.388. The van der Waals surface area contributed by atoms with Gasteiger partial charge in [0, 0.05) is 5.69 Å². The first-order valence-corrected chi connectivity index (χ1v) is 7.79. The van der Waals surface area contributed by atoms with Crippen molar-refractivity contribution in [3.63, 3.8) is 0 Å². The van der Waals surface area contributed by atoms with Gasteiger partial charge in [0.05, 0.1) is 6.04 Å². The number of hydrogen-bond donors (Lipinski definition) is 5. The van der Waals surface area contributed by atoms with Crippen LogP contribution in [0.15, 0.2) is 48.5 Å². The van der Waals surface area contributed by atoms with E-state index in [0.29, 0.717) is 11.3 Å². The molecule has 2 aromatic carbocycles. The molecule has 0 aliphatic carbocycles. The van der Waals surface area contributed by atoms with Gasteiger partial charge in [-0.05, 0) is 42.3 Å². The largest absolute Gasteiger partial charge is 0.573 e. The van der Waals surface area contributed by atoms with Gasteiger partial charge in [-0.25, -0.2) is 4.79 Å². The molecule has 2 aromatic rings. The predicted octanol–water partition coefficient (Wildman–Crippen LogP) is 3.44. The maximum absolute atomic E-state index is 12.1. The summed E-state index contributed by atoms with van der Waals surface area (Å²) < 4.78 is 40.1. The Bertz CT molecular complexity index is 752. The third-order valence-corrected chi connectivity index (χ3v) is 3.57. The minimum absolute atomic E-state index is 0.293. The lowest BCUT2D eigenvalue weighted by atomic mass is 10.1. The van der Waals surface area contributed by atoms with E-state index in [9.17, 15) is 23.1 Å². The third kappa shape index (κ3) is 6.44. The zero-order valence-corrected chi connectivity index (χ0v) is 14.1. The summed E-state index contributed by atoms with van der Waals surface area (Å²) in [4.78, 5) is 12.0. The molecular weight excluding hydrogens is 367 g/mol. The van der Waals surface area contributed by atoms with Crippen LogP contribution in [0.4, 0.5) is 23.7 Å². The lowest BCUT2D eigenvalue weighted by molar-refractivity contribution is -0.274. The van der Waals surface area contributed by atoms with E-state index in [2.05, 4.69) is 15.4 Å². The number of aliphatic hydroxyl groups excluding tert-OH is 1. The number of aliphatic hydroxyl groups is 1. The van der Waals surface area contributed by atoms with Crippen LogP contribution in [0.2, 0.25) is 0 Å². The number of anilines is 1. The average Bonchev–Trinajstić information content (AvgIpc) is 2.61. The number of amides is 2. The fraction of sp³-hybridized carbons (Fsp3) is 0.235. The molecule has 2 amide bonds. The van der Waals surface area contributed by atoms with Crippen LogP contribution in [0.5, 0.6) is 5.75 Å². The number of urea groups is 1. The second-order valence-corrected chi connectivity index (χ2v) is 5.59. The van der Waals surface area contributed by atoms with E-state index < -0.39 is 18.6 Å². The zero-order chi connectivity index (χ0) is 20.0. The number of rotatable bonds is 6. The molecule has 0 aliphatic heterocycles. The van der Waals surface area contributed by atoms with Crippen LogP contribution in [-0.2, 0) is 0 Å². The molecule has 2 unspecified atom stereocenters. The molecule has 0 heterocycles. The number of carbonyl (C=O) groups excluding carboxylic acids is 1. The molecule has 146 valence electrons. The minimum atomic E-state index is -4.78. The highest BCUT2D eigenvalue weighted by molar-refractivity contribution is 5.89. The van der Waals surface area contributed by atoms with Crippen LogP contribution in [0.25, 0.3) is 0 Å². The highest BCUT2D eigenvalue weighted by Crippen LogP contribution is 2.24. The highest BCUT2D eigenvalue weighted by atomic mass is 19.4. The van der Waals surface area contributed by atoms with Gasteiger partial charge in [0.2, 0.25) is 0 Å². The summed E-state index contributed by atoms with van der Waals surface area (Å²) in [6.45, 7) is 1.73. The first-order chi connectivity index (χ1) is 12.7. The molecule has 0 saturated heterocycles. The van der Waals surface area contributed by atoms with Gasteiger partial charge in [-0.3, -0.25) is 0 Å². The van der Waals surface area contributed by atoms with Crippen LogP contribution < -0.4 is 20.9 Å². The molecule has 27 heavy (non-hydrogen) atoms. The second-order valence-electron chi connectivity index (χ2n) is 5.59. The number of carbonyl (C=O) groups is 1. The van der Waals surface area contributed by atoms with Crippen molar-refractivity contribution in [2.45, 2.75) is 25.6 Å². The van der Waals surface area contributed by atoms with Crippen molar-refractivity contribution in [2.24, 2.45) is 0 Å². The summed E-state index contributed by atoms with van der Waals surface area (Å²) in [7, 11) is 0.